The second-order valence-corrected chi connectivity index (χ2v) is 3.09. The van der Waals surface area contributed by atoms with E-state index in [0.717, 1.165) is 5.56 Å². The van der Waals surface area contributed by atoms with Crippen molar-refractivity contribution in [1.82, 2.24) is 0 Å². The molecule has 0 saturated carbocycles. The molecule has 1 saturated heterocycles. The van der Waals surface area contributed by atoms with Crippen molar-refractivity contribution in [3.63, 3.8) is 0 Å². The van der Waals surface area contributed by atoms with E-state index in [0.29, 0.717) is 5.02 Å². The first-order chi connectivity index (χ1) is 5.81. The minimum Gasteiger partial charge on any atom is -0.348 e. The summed E-state index contributed by atoms with van der Waals surface area (Å²) in [6, 6.07) is 9.40. The zero-order valence-corrected chi connectivity index (χ0v) is 6.95. The summed E-state index contributed by atoms with van der Waals surface area (Å²) in [6.45, 7) is 0. The largest absolute Gasteiger partial charge is 0.348 e. The molecule has 1 aliphatic rings. The van der Waals surface area contributed by atoms with Crippen LogP contribution in [0.3, 0.4) is 0 Å². The second-order valence-electron chi connectivity index (χ2n) is 2.66. The molecule has 3 heteroatoms. The molecule has 1 aromatic carbocycles. The van der Waals surface area contributed by atoms with Gasteiger partial charge in [-0.15, -0.1) is 0 Å². The Morgan fingerprint density at radius 1 is 1.33 bits per heavy atom. The number of halogens is 1. The number of nitriles is 1. The van der Waals surface area contributed by atoms with Crippen LogP contribution < -0.4 is 0 Å². The highest BCUT2D eigenvalue weighted by Crippen LogP contribution is 2.38. The number of benzene rings is 1. The molecular weight excluding hydrogens is 174 g/mol. The van der Waals surface area contributed by atoms with Gasteiger partial charge < -0.3 is 4.74 Å². The topological polar surface area (TPSA) is 36.3 Å². The zero-order chi connectivity index (χ0) is 8.55. The zero-order valence-electron chi connectivity index (χ0n) is 6.20. The highest BCUT2D eigenvalue weighted by atomic mass is 35.5. The van der Waals surface area contributed by atoms with E-state index >= 15 is 0 Å². The van der Waals surface area contributed by atoms with Gasteiger partial charge in [-0.25, -0.2) is 0 Å². The summed E-state index contributed by atoms with van der Waals surface area (Å²) in [5.74, 6) is 0. The molecule has 0 N–H and O–H groups in total. The Bertz CT molecular complexity index is 327. The number of hydrogen-bond acceptors (Lipinski definition) is 2. The summed E-state index contributed by atoms with van der Waals surface area (Å²) in [5.41, 5.74) is 1.02. The maximum atomic E-state index is 8.49. The molecule has 0 spiro atoms. The Hall–Kier alpha value is -1.04. The minimum absolute atomic E-state index is 0.0349. The van der Waals surface area contributed by atoms with E-state index in [4.69, 9.17) is 21.6 Å². The lowest BCUT2D eigenvalue weighted by atomic mass is 10.1. The molecule has 1 aromatic rings. The van der Waals surface area contributed by atoms with Crippen molar-refractivity contribution in [3.8, 4) is 6.07 Å². The smallest absolute Gasteiger partial charge is 0.175 e. The maximum absolute atomic E-state index is 8.49. The lowest BCUT2D eigenvalue weighted by Crippen LogP contribution is -1.83. The quantitative estimate of drug-likeness (QED) is 0.621. The molecule has 0 aromatic heterocycles. The van der Waals surface area contributed by atoms with E-state index in [1.807, 2.05) is 18.2 Å². The predicted octanol–water partition coefficient (Wildman–Crippen LogP) is 2.30. The van der Waals surface area contributed by atoms with Crippen LogP contribution in [0.1, 0.15) is 11.7 Å². The molecule has 1 heterocycles. The third kappa shape index (κ3) is 1.29. The van der Waals surface area contributed by atoms with Gasteiger partial charge in [-0.1, -0.05) is 23.7 Å². The van der Waals surface area contributed by atoms with E-state index in [2.05, 4.69) is 0 Å². The highest BCUT2D eigenvalue weighted by molar-refractivity contribution is 6.30. The van der Waals surface area contributed by atoms with Gasteiger partial charge in [0.1, 0.15) is 6.10 Å². The van der Waals surface area contributed by atoms with Crippen LogP contribution in [0.25, 0.3) is 0 Å². The van der Waals surface area contributed by atoms with Crippen LogP contribution in [0.15, 0.2) is 24.3 Å². The molecule has 2 rings (SSSR count). The summed E-state index contributed by atoms with van der Waals surface area (Å²) in [5, 5.41) is 9.19. The molecule has 2 unspecified atom stereocenters. The third-order valence-electron chi connectivity index (χ3n) is 1.82. The maximum Gasteiger partial charge on any atom is 0.175 e. The Balaban J connectivity index is 2.17. The molecule has 1 aliphatic heterocycles. The van der Waals surface area contributed by atoms with Crippen molar-refractivity contribution in [2.45, 2.75) is 12.2 Å². The van der Waals surface area contributed by atoms with Gasteiger partial charge in [0.2, 0.25) is 0 Å². The summed E-state index contributed by atoms with van der Waals surface area (Å²) >= 11 is 5.70. The fourth-order valence-corrected chi connectivity index (χ4v) is 1.24. The van der Waals surface area contributed by atoms with E-state index in [1.165, 1.54) is 0 Å². The average Bonchev–Trinajstić information content (AvgIpc) is 2.85. The lowest BCUT2D eigenvalue weighted by molar-refractivity contribution is 0.396. The van der Waals surface area contributed by atoms with Crippen molar-refractivity contribution in [2.24, 2.45) is 0 Å². The highest BCUT2D eigenvalue weighted by Gasteiger charge is 2.40. The molecule has 12 heavy (non-hydrogen) atoms. The Labute approximate surface area is 75.3 Å². The first-order valence-corrected chi connectivity index (χ1v) is 3.99. The van der Waals surface area contributed by atoms with Gasteiger partial charge in [0.15, 0.2) is 6.10 Å². The van der Waals surface area contributed by atoms with E-state index in [-0.39, 0.29) is 12.2 Å². The molecule has 0 radical (unpaired) electrons. The molecule has 2 atom stereocenters. The molecule has 60 valence electrons. The lowest BCUT2D eigenvalue weighted by Gasteiger charge is -1.93. The van der Waals surface area contributed by atoms with E-state index < -0.39 is 0 Å². The van der Waals surface area contributed by atoms with Gasteiger partial charge in [0.05, 0.1) is 6.07 Å². The van der Waals surface area contributed by atoms with Crippen molar-refractivity contribution in [3.05, 3.63) is 34.9 Å². The monoisotopic (exact) mass is 179 g/mol. The van der Waals surface area contributed by atoms with Crippen LogP contribution in [0.2, 0.25) is 5.02 Å². The van der Waals surface area contributed by atoms with Gasteiger partial charge in [-0.3, -0.25) is 0 Å². The fraction of sp³-hybridized carbons (Fsp3) is 0.222. The molecular formula is C9H6ClNO. The SMILES string of the molecule is N#CC1OC1c1ccc(Cl)cc1. The standard InChI is InChI=1S/C9H6ClNO/c10-7-3-1-6(2-4-7)9-8(5-11)12-9/h1-4,8-9H. The number of ether oxygens (including phenoxy) is 1. The third-order valence-corrected chi connectivity index (χ3v) is 2.07. The number of nitrogens with zero attached hydrogens (tertiary/aromatic N) is 1. The van der Waals surface area contributed by atoms with E-state index in [9.17, 15) is 0 Å². The van der Waals surface area contributed by atoms with Crippen LogP contribution in [-0.4, -0.2) is 6.10 Å². The first kappa shape index (κ1) is 7.60. The van der Waals surface area contributed by atoms with Crippen LogP contribution in [0.5, 0.6) is 0 Å². The molecule has 2 nitrogen and oxygen atoms in total. The number of epoxide rings is 1. The van der Waals surface area contributed by atoms with Gasteiger partial charge >= 0.3 is 0 Å². The van der Waals surface area contributed by atoms with Gasteiger partial charge in [-0.2, -0.15) is 5.26 Å². The minimum atomic E-state index is -0.258. The second kappa shape index (κ2) is 2.78. The average molecular weight is 180 g/mol. The summed E-state index contributed by atoms with van der Waals surface area (Å²) in [4.78, 5) is 0. The van der Waals surface area contributed by atoms with Gasteiger partial charge in [0, 0.05) is 5.02 Å². The first-order valence-electron chi connectivity index (χ1n) is 3.62. The predicted molar refractivity (Wildman–Crippen MR) is 44.7 cm³/mol. The molecule has 0 bridgehead atoms. The summed E-state index contributed by atoms with van der Waals surface area (Å²) in [6.07, 6.45) is -0.293. The van der Waals surface area contributed by atoms with E-state index in [1.54, 1.807) is 12.1 Å². The van der Waals surface area contributed by atoms with Crippen LogP contribution >= 0.6 is 11.6 Å². The van der Waals surface area contributed by atoms with Crippen LogP contribution in [0.4, 0.5) is 0 Å². The molecule has 0 aliphatic carbocycles. The van der Waals surface area contributed by atoms with Gasteiger partial charge in [0.25, 0.3) is 0 Å². The van der Waals surface area contributed by atoms with Crippen molar-refractivity contribution >= 4 is 11.6 Å². The van der Waals surface area contributed by atoms with Gasteiger partial charge in [-0.05, 0) is 17.7 Å². The normalized spacial score (nSPS) is 26.3. The number of hydrogen-bond donors (Lipinski definition) is 0. The Morgan fingerprint density at radius 2 is 2.00 bits per heavy atom. The van der Waals surface area contributed by atoms with Crippen molar-refractivity contribution in [1.29, 1.82) is 5.26 Å². The molecule has 0 amide bonds. The fourth-order valence-electron chi connectivity index (χ4n) is 1.12. The van der Waals surface area contributed by atoms with Crippen molar-refractivity contribution < 1.29 is 4.74 Å². The Morgan fingerprint density at radius 3 is 2.50 bits per heavy atom. The van der Waals surface area contributed by atoms with Crippen LogP contribution in [-0.2, 0) is 4.74 Å². The van der Waals surface area contributed by atoms with Crippen LogP contribution in [0, 0.1) is 11.3 Å². The summed E-state index contributed by atoms with van der Waals surface area (Å²) < 4.78 is 5.09. The summed E-state index contributed by atoms with van der Waals surface area (Å²) in [7, 11) is 0. The Kier molecular flexibility index (Phi) is 1.76. The number of rotatable bonds is 1. The molecule has 1 fully saturated rings. The van der Waals surface area contributed by atoms with Crippen molar-refractivity contribution in [2.75, 3.05) is 0 Å².